The SMILES string of the molecule is COc1ccc(CO[C@H]2[C@H](OC)O[C@H](CO[Si](C)(C)C(C)(C)C)[C@@H]3OC(C)(C)O[C@@H]32)cc1. The molecule has 2 fully saturated rings. The fraction of sp³-hybridized carbons (Fsp3) is 0.750. The first-order chi connectivity index (χ1) is 14.9. The van der Waals surface area contributed by atoms with Crippen LogP contribution in [-0.2, 0) is 34.7 Å². The summed E-state index contributed by atoms with van der Waals surface area (Å²) in [6.07, 6.45) is -1.95. The normalized spacial score (nSPS) is 30.2. The van der Waals surface area contributed by atoms with Crippen molar-refractivity contribution in [3.05, 3.63) is 29.8 Å². The molecular formula is C24H40O7Si. The standard InChI is InChI=1S/C24H40O7Si/c1-23(2,3)32(8,9)28-15-18-19-20(31-24(4,5)30-19)21(22(26-7)29-18)27-14-16-10-12-17(25-6)13-11-16/h10-13,18-22H,14-15H2,1-9H3/t18-,19+,20+,21-,22-/m1/s1. The third-order valence-electron chi connectivity index (χ3n) is 6.68. The van der Waals surface area contributed by atoms with Gasteiger partial charge in [-0.25, -0.2) is 0 Å². The molecule has 0 aromatic heterocycles. The molecule has 1 aromatic carbocycles. The molecule has 5 atom stereocenters. The molecule has 1 aromatic rings. The van der Waals surface area contributed by atoms with Crippen molar-refractivity contribution < 1.29 is 32.8 Å². The van der Waals surface area contributed by atoms with Gasteiger partial charge in [-0.3, -0.25) is 0 Å². The third kappa shape index (κ3) is 5.73. The molecule has 3 rings (SSSR count). The van der Waals surface area contributed by atoms with E-state index in [9.17, 15) is 0 Å². The van der Waals surface area contributed by atoms with Crippen LogP contribution in [0.3, 0.4) is 0 Å². The molecule has 7 nitrogen and oxygen atoms in total. The molecule has 0 unspecified atom stereocenters. The van der Waals surface area contributed by atoms with Crippen LogP contribution in [0.2, 0.25) is 18.1 Å². The maximum atomic E-state index is 6.46. The Morgan fingerprint density at radius 2 is 1.62 bits per heavy atom. The molecule has 0 saturated carbocycles. The van der Waals surface area contributed by atoms with Gasteiger partial charge in [-0.05, 0) is 49.7 Å². The zero-order valence-corrected chi connectivity index (χ0v) is 22.0. The first kappa shape index (κ1) is 25.6. The Kier molecular flexibility index (Phi) is 7.76. The van der Waals surface area contributed by atoms with Crippen molar-refractivity contribution >= 4 is 8.32 Å². The molecule has 0 N–H and O–H groups in total. The maximum Gasteiger partial charge on any atom is 0.192 e. The molecule has 0 aliphatic carbocycles. The van der Waals surface area contributed by atoms with Crippen molar-refractivity contribution in [2.75, 3.05) is 20.8 Å². The lowest BCUT2D eigenvalue weighted by Gasteiger charge is -2.43. The molecule has 0 radical (unpaired) electrons. The topological polar surface area (TPSA) is 64.6 Å². The van der Waals surface area contributed by atoms with E-state index in [2.05, 4.69) is 33.9 Å². The minimum absolute atomic E-state index is 0.109. The molecule has 0 amide bonds. The predicted molar refractivity (Wildman–Crippen MR) is 124 cm³/mol. The molecule has 2 aliphatic rings. The number of hydrogen-bond donors (Lipinski definition) is 0. The fourth-order valence-corrected chi connectivity index (χ4v) is 4.77. The Balaban J connectivity index is 1.73. The van der Waals surface area contributed by atoms with Gasteiger partial charge in [-0.1, -0.05) is 32.9 Å². The van der Waals surface area contributed by atoms with Gasteiger partial charge in [-0.2, -0.15) is 0 Å². The van der Waals surface area contributed by atoms with Crippen LogP contribution in [0, 0.1) is 0 Å². The van der Waals surface area contributed by atoms with Crippen LogP contribution in [0.25, 0.3) is 0 Å². The Morgan fingerprint density at radius 3 is 2.19 bits per heavy atom. The highest BCUT2D eigenvalue weighted by molar-refractivity contribution is 6.74. The van der Waals surface area contributed by atoms with E-state index in [1.807, 2.05) is 38.1 Å². The Hall–Kier alpha value is -1.00. The predicted octanol–water partition coefficient (Wildman–Crippen LogP) is 4.49. The van der Waals surface area contributed by atoms with Crippen molar-refractivity contribution in [3.8, 4) is 5.75 Å². The van der Waals surface area contributed by atoms with Gasteiger partial charge in [0.05, 0.1) is 20.3 Å². The summed E-state index contributed by atoms with van der Waals surface area (Å²) in [6.45, 7) is 15.8. The van der Waals surface area contributed by atoms with Crippen molar-refractivity contribution in [1.29, 1.82) is 0 Å². The summed E-state index contributed by atoms with van der Waals surface area (Å²) in [4.78, 5) is 0. The number of hydrogen-bond acceptors (Lipinski definition) is 7. The van der Waals surface area contributed by atoms with Crippen LogP contribution in [-0.4, -0.2) is 65.6 Å². The van der Waals surface area contributed by atoms with Crippen LogP contribution in [0.4, 0.5) is 0 Å². The molecule has 182 valence electrons. The van der Waals surface area contributed by atoms with E-state index in [0.717, 1.165) is 11.3 Å². The number of methoxy groups -OCH3 is 2. The van der Waals surface area contributed by atoms with E-state index in [4.69, 9.17) is 32.8 Å². The van der Waals surface area contributed by atoms with Gasteiger partial charge in [-0.15, -0.1) is 0 Å². The van der Waals surface area contributed by atoms with Gasteiger partial charge in [0.1, 0.15) is 30.2 Å². The largest absolute Gasteiger partial charge is 0.497 e. The zero-order valence-electron chi connectivity index (χ0n) is 21.0. The summed E-state index contributed by atoms with van der Waals surface area (Å²) < 4.78 is 42.5. The molecule has 0 bridgehead atoms. The van der Waals surface area contributed by atoms with E-state index in [-0.39, 0.29) is 23.4 Å². The van der Waals surface area contributed by atoms with Gasteiger partial charge in [0.15, 0.2) is 20.4 Å². The summed E-state index contributed by atoms with van der Waals surface area (Å²) in [7, 11) is 1.33. The first-order valence-electron chi connectivity index (χ1n) is 11.3. The second-order valence-electron chi connectivity index (χ2n) is 10.5. The summed E-state index contributed by atoms with van der Waals surface area (Å²) in [5, 5.41) is 0.109. The minimum atomic E-state index is -1.94. The number of rotatable bonds is 8. The maximum absolute atomic E-state index is 6.46. The third-order valence-corrected chi connectivity index (χ3v) is 11.2. The van der Waals surface area contributed by atoms with Gasteiger partial charge in [0.2, 0.25) is 0 Å². The summed E-state index contributed by atoms with van der Waals surface area (Å²) in [5.74, 6) is 0.0709. The smallest absolute Gasteiger partial charge is 0.192 e. The highest BCUT2D eigenvalue weighted by Gasteiger charge is 2.56. The monoisotopic (exact) mass is 468 g/mol. The van der Waals surface area contributed by atoms with Crippen LogP contribution in [0.15, 0.2) is 24.3 Å². The van der Waals surface area contributed by atoms with Crippen molar-refractivity contribution in [3.63, 3.8) is 0 Å². The quantitative estimate of drug-likeness (QED) is 0.521. The van der Waals surface area contributed by atoms with Crippen LogP contribution >= 0.6 is 0 Å². The Bertz CT molecular complexity index is 744. The van der Waals surface area contributed by atoms with E-state index in [1.54, 1.807) is 14.2 Å². The van der Waals surface area contributed by atoms with Gasteiger partial charge in [0, 0.05) is 7.11 Å². The molecule has 0 spiro atoms. The summed E-state index contributed by atoms with van der Waals surface area (Å²) in [6, 6.07) is 7.79. The van der Waals surface area contributed by atoms with Crippen LogP contribution in [0.5, 0.6) is 5.75 Å². The second kappa shape index (κ2) is 9.70. The summed E-state index contributed by atoms with van der Waals surface area (Å²) in [5.41, 5.74) is 1.03. The van der Waals surface area contributed by atoms with E-state index >= 15 is 0 Å². The highest BCUT2D eigenvalue weighted by atomic mass is 28.4. The van der Waals surface area contributed by atoms with E-state index in [1.165, 1.54) is 0 Å². The lowest BCUT2D eigenvalue weighted by atomic mass is 9.99. The Labute approximate surface area is 193 Å². The van der Waals surface area contributed by atoms with Gasteiger partial charge in [0.25, 0.3) is 0 Å². The van der Waals surface area contributed by atoms with E-state index < -0.39 is 26.5 Å². The van der Waals surface area contributed by atoms with E-state index in [0.29, 0.717) is 13.2 Å². The molecule has 2 saturated heterocycles. The number of benzene rings is 1. The molecule has 2 aliphatic heterocycles. The first-order valence-corrected chi connectivity index (χ1v) is 14.2. The van der Waals surface area contributed by atoms with Crippen LogP contribution < -0.4 is 4.74 Å². The van der Waals surface area contributed by atoms with Gasteiger partial charge < -0.3 is 32.8 Å². The molecule has 32 heavy (non-hydrogen) atoms. The number of ether oxygens (including phenoxy) is 6. The minimum Gasteiger partial charge on any atom is -0.497 e. The van der Waals surface area contributed by atoms with Crippen molar-refractivity contribution in [1.82, 2.24) is 0 Å². The molecule has 2 heterocycles. The zero-order chi connectivity index (χ0) is 23.7. The average Bonchev–Trinajstić information content (AvgIpc) is 3.05. The lowest BCUT2D eigenvalue weighted by molar-refractivity contribution is -0.285. The molecular weight excluding hydrogens is 428 g/mol. The van der Waals surface area contributed by atoms with Crippen LogP contribution in [0.1, 0.15) is 40.2 Å². The Morgan fingerprint density at radius 1 is 1.00 bits per heavy atom. The average molecular weight is 469 g/mol. The van der Waals surface area contributed by atoms with Crippen molar-refractivity contribution in [2.24, 2.45) is 0 Å². The summed E-state index contributed by atoms with van der Waals surface area (Å²) >= 11 is 0. The lowest BCUT2D eigenvalue weighted by Crippen LogP contribution is -2.59. The van der Waals surface area contributed by atoms with Crippen molar-refractivity contribution in [2.45, 2.75) is 95.9 Å². The highest BCUT2D eigenvalue weighted by Crippen LogP contribution is 2.41. The van der Waals surface area contributed by atoms with Gasteiger partial charge >= 0.3 is 0 Å². The number of fused-ring (bicyclic) bond motifs is 1. The second-order valence-corrected chi connectivity index (χ2v) is 15.3. The molecule has 8 heteroatoms. The fourth-order valence-electron chi connectivity index (χ4n) is 3.76.